The molecule has 0 unspecified atom stereocenters. The average molecular weight is 256 g/mol. The second kappa shape index (κ2) is 4.44. The third-order valence-corrected chi connectivity index (χ3v) is 2.37. The van der Waals surface area contributed by atoms with E-state index in [0.29, 0.717) is 10.7 Å². The van der Waals surface area contributed by atoms with Gasteiger partial charge in [0.15, 0.2) is 0 Å². The third-order valence-electron chi connectivity index (χ3n) is 1.29. The molecular weight excluding hydrogens is 249 g/mol. The Labute approximate surface area is 91.9 Å². The number of nitrogens with zero attached hydrogens (tertiary/aromatic N) is 1. The zero-order chi connectivity index (χ0) is 10.8. The van der Waals surface area contributed by atoms with Crippen LogP contribution >= 0.6 is 23.2 Å². The Hall–Kier alpha value is -0.360. The molecule has 0 saturated carbocycles. The van der Waals surface area contributed by atoms with Crippen molar-refractivity contribution in [3.8, 4) is 0 Å². The molecule has 4 nitrogen and oxygen atoms in total. The van der Waals surface area contributed by atoms with Crippen LogP contribution in [0.4, 0.5) is 0 Å². The van der Waals surface area contributed by atoms with Gasteiger partial charge in [-0.3, -0.25) is 9.17 Å². The summed E-state index contributed by atoms with van der Waals surface area (Å²) in [6, 6.07) is 1.47. The zero-order valence-electron chi connectivity index (χ0n) is 7.20. The molecule has 1 aromatic heterocycles. The first kappa shape index (κ1) is 11.7. The molecule has 0 aliphatic rings. The number of pyridine rings is 1. The van der Waals surface area contributed by atoms with E-state index in [4.69, 9.17) is 23.2 Å². The molecule has 0 radical (unpaired) electrons. The highest BCUT2D eigenvalue weighted by molar-refractivity contribution is 7.85. The van der Waals surface area contributed by atoms with Crippen LogP contribution in [0, 0.1) is 0 Å². The Morgan fingerprint density at radius 3 is 2.64 bits per heavy atom. The molecule has 1 aromatic rings. The fourth-order valence-electron chi connectivity index (χ4n) is 0.712. The van der Waals surface area contributed by atoms with Crippen LogP contribution in [0.5, 0.6) is 0 Å². The lowest BCUT2D eigenvalue weighted by atomic mass is 10.4. The van der Waals surface area contributed by atoms with E-state index < -0.39 is 10.1 Å². The van der Waals surface area contributed by atoms with Crippen LogP contribution in [0.1, 0.15) is 5.69 Å². The van der Waals surface area contributed by atoms with Gasteiger partial charge in [0.05, 0.1) is 22.0 Å². The molecule has 1 heterocycles. The number of halogens is 2. The summed E-state index contributed by atoms with van der Waals surface area (Å²) < 4.78 is 25.8. The van der Waals surface area contributed by atoms with Crippen molar-refractivity contribution in [1.29, 1.82) is 0 Å². The average Bonchev–Trinajstić information content (AvgIpc) is 2.00. The lowest BCUT2D eigenvalue weighted by Crippen LogP contribution is -2.04. The molecule has 0 spiro atoms. The minimum Gasteiger partial charge on any atom is -0.264 e. The molecule has 78 valence electrons. The largest absolute Gasteiger partial charge is 0.264 e. The number of hydrogen-bond acceptors (Lipinski definition) is 4. The van der Waals surface area contributed by atoms with Gasteiger partial charge in [0.25, 0.3) is 10.1 Å². The second-order valence-corrected chi connectivity index (χ2v) is 5.04. The van der Waals surface area contributed by atoms with E-state index in [2.05, 4.69) is 9.17 Å². The van der Waals surface area contributed by atoms with Gasteiger partial charge in [-0.05, 0) is 6.07 Å². The monoisotopic (exact) mass is 255 g/mol. The van der Waals surface area contributed by atoms with Crippen molar-refractivity contribution < 1.29 is 12.6 Å². The van der Waals surface area contributed by atoms with Crippen LogP contribution in [0.3, 0.4) is 0 Å². The molecule has 0 saturated heterocycles. The molecule has 14 heavy (non-hydrogen) atoms. The molecule has 0 N–H and O–H groups in total. The Morgan fingerprint density at radius 1 is 1.50 bits per heavy atom. The summed E-state index contributed by atoms with van der Waals surface area (Å²) in [7, 11) is -3.48. The summed E-state index contributed by atoms with van der Waals surface area (Å²) in [5, 5.41) is 0.666. The van der Waals surface area contributed by atoms with Crippen molar-refractivity contribution in [3.63, 3.8) is 0 Å². The van der Waals surface area contributed by atoms with Gasteiger partial charge in [-0.1, -0.05) is 23.2 Å². The van der Waals surface area contributed by atoms with Gasteiger partial charge in [-0.25, -0.2) is 0 Å². The maximum absolute atomic E-state index is 10.7. The van der Waals surface area contributed by atoms with Crippen LogP contribution in [-0.4, -0.2) is 19.7 Å². The lowest BCUT2D eigenvalue weighted by Gasteiger charge is -2.02. The van der Waals surface area contributed by atoms with Crippen molar-refractivity contribution in [3.05, 3.63) is 28.0 Å². The topological polar surface area (TPSA) is 56.3 Å². The summed E-state index contributed by atoms with van der Waals surface area (Å²) in [5.41, 5.74) is 0.335. The van der Waals surface area contributed by atoms with Gasteiger partial charge < -0.3 is 0 Å². The van der Waals surface area contributed by atoms with Crippen LogP contribution in [0.15, 0.2) is 12.3 Å². The fourth-order valence-corrected chi connectivity index (χ4v) is 1.47. The summed E-state index contributed by atoms with van der Waals surface area (Å²) in [5.74, 6) is 0. The van der Waals surface area contributed by atoms with Gasteiger partial charge in [0.2, 0.25) is 0 Å². The first-order valence-corrected chi connectivity index (χ1v) is 6.10. The van der Waals surface area contributed by atoms with E-state index in [9.17, 15) is 8.42 Å². The molecule has 1 rings (SSSR count). The normalized spacial score (nSPS) is 11.6. The third kappa shape index (κ3) is 3.79. The number of aromatic nitrogens is 1. The maximum Gasteiger partial charge on any atom is 0.264 e. The predicted molar refractivity (Wildman–Crippen MR) is 53.9 cm³/mol. The first-order valence-electron chi connectivity index (χ1n) is 3.53. The first-order chi connectivity index (χ1) is 6.38. The molecule has 0 aliphatic carbocycles. The van der Waals surface area contributed by atoms with E-state index in [1.165, 1.54) is 12.3 Å². The lowest BCUT2D eigenvalue weighted by molar-refractivity contribution is 0.307. The molecule has 0 atom stereocenters. The molecule has 0 aromatic carbocycles. The van der Waals surface area contributed by atoms with Gasteiger partial charge in [-0.15, -0.1) is 0 Å². The highest BCUT2D eigenvalue weighted by Crippen LogP contribution is 2.19. The van der Waals surface area contributed by atoms with Gasteiger partial charge >= 0.3 is 0 Å². The summed E-state index contributed by atoms with van der Waals surface area (Å²) in [6.45, 7) is -0.186. The van der Waals surface area contributed by atoms with Gasteiger partial charge in [0, 0.05) is 6.20 Å². The standard InChI is InChI=1S/C7H7Cl2NO3S/c1-14(11,12)13-4-7-6(9)2-5(8)3-10-7/h2-3H,4H2,1H3. The summed E-state index contributed by atoms with van der Waals surface area (Å²) in [6.07, 6.45) is 2.32. The maximum atomic E-state index is 10.7. The van der Waals surface area contributed by atoms with Crippen molar-refractivity contribution in [2.45, 2.75) is 6.61 Å². The van der Waals surface area contributed by atoms with Crippen LogP contribution in [-0.2, 0) is 20.9 Å². The quantitative estimate of drug-likeness (QED) is 0.774. The smallest absolute Gasteiger partial charge is 0.264 e. The highest BCUT2D eigenvalue weighted by atomic mass is 35.5. The van der Waals surface area contributed by atoms with Gasteiger partial charge in [0.1, 0.15) is 6.61 Å². The molecule has 0 amide bonds. The minimum atomic E-state index is -3.48. The SMILES string of the molecule is CS(=O)(=O)OCc1ncc(Cl)cc1Cl. The van der Waals surface area contributed by atoms with Crippen molar-refractivity contribution >= 4 is 33.3 Å². The van der Waals surface area contributed by atoms with E-state index in [-0.39, 0.29) is 11.6 Å². The Morgan fingerprint density at radius 2 is 2.14 bits per heavy atom. The summed E-state index contributed by atoms with van der Waals surface area (Å²) in [4.78, 5) is 3.83. The minimum absolute atomic E-state index is 0.186. The highest BCUT2D eigenvalue weighted by Gasteiger charge is 2.07. The molecule has 7 heteroatoms. The Bertz CT molecular complexity index is 433. The van der Waals surface area contributed by atoms with Gasteiger partial charge in [-0.2, -0.15) is 8.42 Å². The van der Waals surface area contributed by atoms with E-state index in [1.807, 2.05) is 0 Å². The Kier molecular flexibility index (Phi) is 3.71. The number of rotatable bonds is 3. The van der Waals surface area contributed by atoms with Crippen molar-refractivity contribution in [2.24, 2.45) is 0 Å². The Balaban J connectivity index is 2.78. The fraction of sp³-hybridized carbons (Fsp3) is 0.286. The molecular formula is C7H7Cl2NO3S. The van der Waals surface area contributed by atoms with E-state index in [0.717, 1.165) is 6.26 Å². The molecule has 0 bridgehead atoms. The predicted octanol–water partition coefficient (Wildman–Crippen LogP) is 1.86. The number of hydrogen-bond donors (Lipinski definition) is 0. The van der Waals surface area contributed by atoms with Crippen LogP contribution < -0.4 is 0 Å². The van der Waals surface area contributed by atoms with E-state index >= 15 is 0 Å². The van der Waals surface area contributed by atoms with Crippen molar-refractivity contribution in [1.82, 2.24) is 4.98 Å². The van der Waals surface area contributed by atoms with Crippen LogP contribution in [0.2, 0.25) is 10.0 Å². The molecule has 0 fully saturated rings. The molecule has 0 aliphatic heterocycles. The van der Waals surface area contributed by atoms with E-state index in [1.54, 1.807) is 0 Å². The summed E-state index contributed by atoms with van der Waals surface area (Å²) >= 11 is 11.3. The zero-order valence-corrected chi connectivity index (χ0v) is 9.53. The second-order valence-electron chi connectivity index (χ2n) is 2.55. The van der Waals surface area contributed by atoms with Crippen molar-refractivity contribution in [2.75, 3.05) is 6.26 Å². The van der Waals surface area contributed by atoms with Crippen LogP contribution in [0.25, 0.3) is 0 Å².